The number of hydrogen-bond acceptors (Lipinski definition) is 8. The van der Waals surface area contributed by atoms with E-state index in [0.29, 0.717) is 56.6 Å². The predicted molar refractivity (Wildman–Crippen MR) is 102 cm³/mol. The Morgan fingerprint density at radius 3 is 2.60 bits per heavy atom. The smallest absolute Gasteiger partial charge is 0.378 e. The zero-order valence-electron chi connectivity index (χ0n) is 16.4. The van der Waals surface area contributed by atoms with Crippen LogP contribution in [-0.4, -0.2) is 73.9 Å². The van der Waals surface area contributed by atoms with E-state index in [2.05, 4.69) is 24.9 Å². The number of anilines is 1. The summed E-state index contributed by atoms with van der Waals surface area (Å²) in [5, 5.41) is 0. The first-order valence-corrected chi connectivity index (χ1v) is 9.44. The molecule has 4 rings (SSSR count). The van der Waals surface area contributed by atoms with Gasteiger partial charge in [-0.3, -0.25) is 14.9 Å². The van der Waals surface area contributed by atoms with Crippen molar-refractivity contribution in [1.29, 1.82) is 0 Å². The lowest BCUT2D eigenvalue weighted by molar-refractivity contribution is -0.140. The van der Waals surface area contributed by atoms with E-state index in [0.717, 1.165) is 10.3 Å². The highest BCUT2D eigenvalue weighted by molar-refractivity contribution is 5.83. The average molecular weight is 422 g/mol. The molecule has 160 valence electrons. The number of halogens is 3. The summed E-state index contributed by atoms with van der Waals surface area (Å²) in [4.78, 5) is 25.4. The molecular weight excluding hydrogens is 401 g/mol. The van der Waals surface area contributed by atoms with Crippen molar-refractivity contribution in [2.75, 3.05) is 38.3 Å². The maximum Gasteiger partial charge on any atom is 0.406 e. The van der Waals surface area contributed by atoms with Crippen LogP contribution in [0.15, 0.2) is 24.9 Å². The number of morpholine rings is 1. The number of rotatable bonds is 6. The van der Waals surface area contributed by atoms with Crippen LogP contribution in [0.5, 0.6) is 0 Å². The Kier molecular flexibility index (Phi) is 5.77. The van der Waals surface area contributed by atoms with Gasteiger partial charge in [-0.2, -0.15) is 13.2 Å². The fourth-order valence-corrected chi connectivity index (χ4v) is 3.33. The summed E-state index contributed by atoms with van der Waals surface area (Å²) in [6.45, 7) is 1.91. The van der Waals surface area contributed by atoms with E-state index < -0.39 is 12.7 Å². The second kappa shape index (κ2) is 8.48. The molecule has 0 radical (unpaired) electrons. The van der Waals surface area contributed by atoms with Crippen molar-refractivity contribution in [3.63, 3.8) is 0 Å². The molecule has 0 bridgehead atoms. The summed E-state index contributed by atoms with van der Waals surface area (Å²) in [7, 11) is 1.86. The van der Waals surface area contributed by atoms with Crippen molar-refractivity contribution in [1.82, 2.24) is 34.4 Å². The third-order valence-electron chi connectivity index (χ3n) is 4.61. The SMILES string of the molecule is CN(Cc1cnccn1)Cc1nc(N2CCOCC2)c2ncn(CC(F)(F)F)c2n1. The fourth-order valence-electron chi connectivity index (χ4n) is 3.33. The number of fused-ring (bicyclic) bond motifs is 1. The highest BCUT2D eigenvalue weighted by Crippen LogP contribution is 2.26. The molecule has 3 aromatic heterocycles. The van der Waals surface area contributed by atoms with Crippen molar-refractivity contribution in [3.05, 3.63) is 36.4 Å². The van der Waals surface area contributed by atoms with Gasteiger partial charge in [0.2, 0.25) is 0 Å². The molecule has 1 aliphatic heterocycles. The fraction of sp³-hybridized carbons (Fsp3) is 0.500. The van der Waals surface area contributed by atoms with Crippen LogP contribution in [0.2, 0.25) is 0 Å². The van der Waals surface area contributed by atoms with Crippen LogP contribution >= 0.6 is 0 Å². The molecule has 0 atom stereocenters. The van der Waals surface area contributed by atoms with Gasteiger partial charge in [-0.25, -0.2) is 15.0 Å². The highest BCUT2D eigenvalue weighted by Gasteiger charge is 2.30. The molecule has 0 aromatic carbocycles. The first kappa shape index (κ1) is 20.4. The Morgan fingerprint density at radius 1 is 1.10 bits per heavy atom. The normalized spacial score (nSPS) is 15.3. The summed E-state index contributed by atoms with van der Waals surface area (Å²) in [5.74, 6) is 0.950. The molecular formula is C18H21F3N8O. The second-order valence-electron chi connectivity index (χ2n) is 7.09. The lowest BCUT2D eigenvalue weighted by Gasteiger charge is -2.28. The second-order valence-corrected chi connectivity index (χ2v) is 7.09. The van der Waals surface area contributed by atoms with Crippen LogP contribution in [-0.2, 0) is 24.4 Å². The maximum atomic E-state index is 13.0. The summed E-state index contributed by atoms with van der Waals surface area (Å²) >= 11 is 0. The summed E-state index contributed by atoms with van der Waals surface area (Å²) in [5.41, 5.74) is 1.31. The molecule has 30 heavy (non-hydrogen) atoms. The molecule has 0 aliphatic carbocycles. The van der Waals surface area contributed by atoms with Crippen molar-refractivity contribution in [2.45, 2.75) is 25.8 Å². The Labute approximate surface area is 170 Å². The summed E-state index contributed by atoms with van der Waals surface area (Å²) in [6.07, 6.45) is 1.66. The average Bonchev–Trinajstić information content (AvgIpc) is 3.10. The van der Waals surface area contributed by atoms with Crippen LogP contribution in [0.4, 0.5) is 19.0 Å². The van der Waals surface area contributed by atoms with Gasteiger partial charge in [0.15, 0.2) is 17.0 Å². The zero-order chi connectivity index (χ0) is 21.1. The molecule has 1 aliphatic rings. The highest BCUT2D eigenvalue weighted by atomic mass is 19.4. The van der Waals surface area contributed by atoms with E-state index in [1.807, 2.05) is 16.8 Å². The van der Waals surface area contributed by atoms with Gasteiger partial charge in [-0.1, -0.05) is 0 Å². The first-order valence-electron chi connectivity index (χ1n) is 9.44. The first-order chi connectivity index (χ1) is 14.4. The quantitative estimate of drug-likeness (QED) is 0.593. The molecule has 0 spiro atoms. The number of imidazole rings is 1. The third kappa shape index (κ3) is 4.82. The minimum Gasteiger partial charge on any atom is -0.378 e. The van der Waals surface area contributed by atoms with Crippen LogP contribution in [0.3, 0.4) is 0 Å². The zero-order valence-corrected chi connectivity index (χ0v) is 16.4. The van der Waals surface area contributed by atoms with Gasteiger partial charge in [0.1, 0.15) is 12.4 Å². The van der Waals surface area contributed by atoms with Crippen LogP contribution < -0.4 is 4.90 Å². The molecule has 0 saturated carbocycles. The molecule has 1 fully saturated rings. The molecule has 0 amide bonds. The van der Waals surface area contributed by atoms with Gasteiger partial charge in [0, 0.05) is 38.2 Å². The molecule has 1 saturated heterocycles. The number of nitrogens with zero attached hydrogens (tertiary/aromatic N) is 8. The van der Waals surface area contributed by atoms with Crippen LogP contribution in [0.25, 0.3) is 11.2 Å². The van der Waals surface area contributed by atoms with E-state index in [9.17, 15) is 13.2 Å². The van der Waals surface area contributed by atoms with Gasteiger partial charge in [-0.15, -0.1) is 0 Å². The van der Waals surface area contributed by atoms with Gasteiger partial charge in [0.05, 0.1) is 31.8 Å². The van der Waals surface area contributed by atoms with Gasteiger partial charge in [-0.05, 0) is 7.05 Å². The number of hydrogen-bond donors (Lipinski definition) is 0. The Hall–Kier alpha value is -2.86. The molecule has 9 nitrogen and oxygen atoms in total. The Bertz CT molecular complexity index is 988. The van der Waals surface area contributed by atoms with E-state index in [-0.39, 0.29) is 5.65 Å². The standard InChI is InChI=1S/C18H21F3N8O/c1-27(9-13-8-22-2-3-23-13)10-14-25-16(28-4-6-30-7-5-28)15-17(26-14)29(12-24-15)11-18(19,20)21/h2-3,8,12H,4-7,9-11H2,1H3. The monoisotopic (exact) mass is 422 g/mol. The Morgan fingerprint density at radius 2 is 1.90 bits per heavy atom. The van der Waals surface area contributed by atoms with E-state index in [1.54, 1.807) is 18.6 Å². The number of ether oxygens (including phenoxy) is 1. The molecule has 0 N–H and O–H groups in total. The summed E-state index contributed by atoms with van der Waals surface area (Å²) < 4.78 is 45.5. The minimum absolute atomic E-state index is 0.173. The van der Waals surface area contributed by atoms with E-state index >= 15 is 0 Å². The lowest BCUT2D eigenvalue weighted by Crippen LogP contribution is -2.37. The predicted octanol–water partition coefficient (Wildman–Crippen LogP) is 1.65. The van der Waals surface area contributed by atoms with Crippen molar-refractivity contribution in [3.8, 4) is 0 Å². The van der Waals surface area contributed by atoms with E-state index in [4.69, 9.17) is 4.74 Å². The molecule has 12 heteroatoms. The molecule has 4 heterocycles. The van der Waals surface area contributed by atoms with Crippen molar-refractivity contribution < 1.29 is 17.9 Å². The van der Waals surface area contributed by atoms with Gasteiger partial charge >= 0.3 is 6.18 Å². The number of aromatic nitrogens is 6. The topological polar surface area (TPSA) is 85.1 Å². The largest absolute Gasteiger partial charge is 0.406 e. The van der Waals surface area contributed by atoms with E-state index in [1.165, 1.54) is 6.33 Å². The van der Waals surface area contributed by atoms with Gasteiger partial charge in [0.25, 0.3) is 0 Å². The summed E-state index contributed by atoms with van der Waals surface area (Å²) in [6, 6.07) is 0. The van der Waals surface area contributed by atoms with Crippen LogP contribution in [0, 0.1) is 0 Å². The van der Waals surface area contributed by atoms with Crippen LogP contribution in [0.1, 0.15) is 11.5 Å². The maximum absolute atomic E-state index is 13.0. The lowest BCUT2D eigenvalue weighted by atomic mass is 10.3. The van der Waals surface area contributed by atoms with Gasteiger partial charge < -0.3 is 14.2 Å². The third-order valence-corrected chi connectivity index (χ3v) is 4.61. The molecule has 0 unspecified atom stereocenters. The number of alkyl halides is 3. The van der Waals surface area contributed by atoms with Crippen molar-refractivity contribution >= 4 is 17.0 Å². The van der Waals surface area contributed by atoms with Crippen molar-refractivity contribution in [2.24, 2.45) is 0 Å². The minimum atomic E-state index is -4.37. The Balaban J connectivity index is 1.66. The molecule has 3 aromatic rings.